The first-order valence-electron chi connectivity index (χ1n) is 12.1. The van der Waals surface area contributed by atoms with Gasteiger partial charge in [-0.1, -0.05) is 30.3 Å². The van der Waals surface area contributed by atoms with Gasteiger partial charge in [-0.25, -0.2) is 0 Å². The van der Waals surface area contributed by atoms with Crippen LogP contribution in [0.3, 0.4) is 0 Å². The van der Waals surface area contributed by atoms with E-state index in [0.717, 1.165) is 13.0 Å². The summed E-state index contributed by atoms with van der Waals surface area (Å²) in [6.45, 7) is 6.94. The Morgan fingerprint density at radius 2 is 1.71 bits per heavy atom. The number of rotatable bonds is 7. The van der Waals surface area contributed by atoms with Crippen molar-refractivity contribution in [2.45, 2.75) is 45.2 Å². The number of fused-ring (bicyclic) bond motifs is 1. The SMILES string of the molecule is CCOC(=O)CCC(=O)N1CCN(C(=O)C(C)N2CCc3sccc3C2c2ccccc2)CC1. The average Bonchev–Trinajstić information content (AvgIpc) is 3.35. The number of piperazine rings is 1. The van der Waals surface area contributed by atoms with E-state index in [1.54, 1.807) is 23.2 Å². The molecule has 2 aliphatic heterocycles. The van der Waals surface area contributed by atoms with Crippen molar-refractivity contribution in [1.82, 2.24) is 14.7 Å². The number of thiophene rings is 1. The van der Waals surface area contributed by atoms with Crippen molar-refractivity contribution >= 4 is 29.1 Å². The third-order valence-corrected chi connectivity index (χ3v) is 7.76. The molecule has 34 heavy (non-hydrogen) atoms. The molecule has 0 radical (unpaired) electrons. The molecule has 2 aromatic rings. The number of hydrogen-bond donors (Lipinski definition) is 0. The maximum atomic E-state index is 13.5. The molecule has 0 N–H and O–H groups in total. The summed E-state index contributed by atoms with van der Waals surface area (Å²) >= 11 is 1.80. The minimum atomic E-state index is -0.346. The lowest BCUT2D eigenvalue weighted by Gasteiger charge is -2.42. The summed E-state index contributed by atoms with van der Waals surface area (Å²) in [5.41, 5.74) is 2.51. The van der Waals surface area contributed by atoms with Gasteiger partial charge in [0.1, 0.15) is 0 Å². The molecule has 8 heteroatoms. The van der Waals surface area contributed by atoms with E-state index in [2.05, 4.69) is 40.6 Å². The predicted octanol–water partition coefficient (Wildman–Crippen LogP) is 3.10. The van der Waals surface area contributed by atoms with Crippen LogP contribution in [0, 0.1) is 0 Å². The first-order chi connectivity index (χ1) is 16.5. The van der Waals surface area contributed by atoms with Crippen molar-refractivity contribution in [1.29, 1.82) is 0 Å². The summed E-state index contributed by atoms with van der Waals surface area (Å²) in [7, 11) is 0. The number of amides is 2. The second kappa shape index (κ2) is 11.1. The Morgan fingerprint density at radius 3 is 2.41 bits per heavy atom. The third kappa shape index (κ3) is 5.33. The Morgan fingerprint density at radius 1 is 1.00 bits per heavy atom. The Kier molecular flexibility index (Phi) is 8.00. The van der Waals surface area contributed by atoms with Gasteiger partial charge >= 0.3 is 5.97 Å². The van der Waals surface area contributed by atoms with Crippen molar-refractivity contribution in [2.24, 2.45) is 0 Å². The zero-order chi connectivity index (χ0) is 24.1. The van der Waals surface area contributed by atoms with E-state index >= 15 is 0 Å². The molecule has 2 amide bonds. The molecule has 1 aromatic heterocycles. The highest BCUT2D eigenvalue weighted by atomic mass is 32.1. The summed E-state index contributed by atoms with van der Waals surface area (Å²) in [6.07, 6.45) is 1.21. The van der Waals surface area contributed by atoms with Gasteiger partial charge in [0.15, 0.2) is 0 Å². The minimum absolute atomic E-state index is 0.0571. The fraction of sp³-hybridized carbons (Fsp3) is 0.500. The number of ether oxygens (including phenoxy) is 1. The summed E-state index contributed by atoms with van der Waals surface area (Å²) in [4.78, 5) is 44.9. The van der Waals surface area contributed by atoms with Gasteiger partial charge in [0, 0.05) is 44.0 Å². The molecule has 3 heterocycles. The number of nitrogens with zero attached hydrogens (tertiary/aromatic N) is 3. The van der Waals surface area contributed by atoms with Crippen LogP contribution < -0.4 is 0 Å². The molecule has 2 atom stereocenters. The van der Waals surface area contributed by atoms with Gasteiger partial charge in [-0.2, -0.15) is 0 Å². The van der Waals surface area contributed by atoms with E-state index in [-0.39, 0.29) is 42.7 Å². The quantitative estimate of drug-likeness (QED) is 0.566. The number of carbonyl (C=O) groups excluding carboxylic acids is 3. The molecule has 0 aliphatic carbocycles. The highest BCUT2D eigenvalue weighted by molar-refractivity contribution is 7.10. The van der Waals surface area contributed by atoms with Gasteiger partial charge in [0.25, 0.3) is 0 Å². The number of benzene rings is 1. The Hall–Kier alpha value is -2.71. The van der Waals surface area contributed by atoms with Crippen LogP contribution in [0.1, 0.15) is 48.7 Å². The number of carbonyl (C=O) groups is 3. The fourth-order valence-electron chi connectivity index (χ4n) is 4.94. The van der Waals surface area contributed by atoms with E-state index in [1.165, 1.54) is 16.0 Å². The molecule has 4 rings (SSSR count). The second-order valence-corrected chi connectivity index (χ2v) is 9.79. The van der Waals surface area contributed by atoms with Crippen molar-refractivity contribution in [2.75, 3.05) is 39.3 Å². The van der Waals surface area contributed by atoms with Crippen LogP contribution in [-0.4, -0.2) is 77.9 Å². The Balaban J connectivity index is 1.38. The van der Waals surface area contributed by atoms with Gasteiger partial charge in [-0.15, -0.1) is 11.3 Å². The maximum absolute atomic E-state index is 13.5. The zero-order valence-corrected chi connectivity index (χ0v) is 20.8. The molecule has 1 fully saturated rings. The van der Waals surface area contributed by atoms with Crippen LogP contribution in [0.25, 0.3) is 0 Å². The Labute approximate surface area is 205 Å². The van der Waals surface area contributed by atoms with Crippen molar-refractivity contribution in [3.05, 3.63) is 57.8 Å². The molecule has 7 nitrogen and oxygen atoms in total. The molecule has 2 aliphatic rings. The highest BCUT2D eigenvalue weighted by Crippen LogP contribution is 2.39. The van der Waals surface area contributed by atoms with E-state index in [4.69, 9.17) is 4.74 Å². The smallest absolute Gasteiger partial charge is 0.306 e. The van der Waals surface area contributed by atoms with Gasteiger partial charge < -0.3 is 14.5 Å². The van der Waals surface area contributed by atoms with Crippen molar-refractivity contribution in [3.63, 3.8) is 0 Å². The van der Waals surface area contributed by atoms with Gasteiger partial charge in [-0.3, -0.25) is 19.3 Å². The summed E-state index contributed by atoms with van der Waals surface area (Å²) < 4.78 is 4.90. The number of hydrogen-bond acceptors (Lipinski definition) is 6. The topological polar surface area (TPSA) is 70.2 Å². The molecule has 182 valence electrons. The fourth-order valence-corrected chi connectivity index (χ4v) is 5.85. The summed E-state index contributed by atoms with van der Waals surface area (Å²) in [5.74, 6) is -0.293. The van der Waals surface area contributed by atoms with E-state index in [0.29, 0.717) is 32.8 Å². The normalized spacial score (nSPS) is 19.4. The van der Waals surface area contributed by atoms with Gasteiger partial charge in [-0.05, 0) is 42.8 Å². The summed E-state index contributed by atoms with van der Waals surface area (Å²) in [6, 6.07) is 12.4. The van der Waals surface area contributed by atoms with Crippen LogP contribution >= 0.6 is 11.3 Å². The summed E-state index contributed by atoms with van der Waals surface area (Å²) in [5, 5.41) is 2.15. The standard InChI is InChI=1S/C26H33N3O4S/c1-3-33-24(31)10-9-23(30)27-14-16-28(17-15-27)26(32)19(2)29-13-11-22-21(12-18-34-22)25(29)20-7-5-4-6-8-20/h4-8,12,18-19,25H,3,9-11,13-17H2,1-2H3. The molecule has 0 spiro atoms. The van der Waals surface area contributed by atoms with Crippen molar-refractivity contribution in [3.8, 4) is 0 Å². The molecular formula is C26H33N3O4S. The molecule has 1 saturated heterocycles. The van der Waals surface area contributed by atoms with Crippen molar-refractivity contribution < 1.29 is 19.1 Å². The molecule has 1 aromatic carbocycles. The van der Waals surface area contributed by atoms with Crippen LogP contribution in [0.15, 0.2) is 41.8 Å². The molecule has 0 bridgehead atoms. The predicted molar refractivity (Wildman–Crippen MR) is 132 cm³/mol. The van der Waals surface area contributed by atoms with E-state index in [1.807, 2.05) is 17.9 Å². The highest BCUT2D eigenvalue weighted by Gasteiger charge is 2.37. The van der Waals surface area contributed by atoms with E-state index < -0.39 is 0 Å². The second-order valence-electron chi connectivity index (χ2n) is 8.79. The molecule has 2 unspecified atom stereocenters. The van der Waals surface area contributed by atoms with Crippen LogP contribution in [0.4, 0.5) is 0 Å². The van der Waals surface area contributed by atoms with Crippen LogP contribution in [0.5, 0.6) is 0 Å². The monoisotopic (exact) mass is 483 g/mol. The lowest BCUT2D eigenvalue weighted by atomic mass is 9.92. The first kappa shape index (κ1) is 24.4. The molecular weight excluding hydrogens is 450 g/mol. The van der Waals surface area contributed by atoms with Crippen LogP contribution in [0.2, 0.25) is 0 Å². The third-order valence-electron chi connectivity index (χ3n) is 6.77. The van der Waals surface area contributed by atoms with Crippen LogP contribution in [-0.2, 0) is 25.5 Å². The lowest BCUT2D eigenvalue weighted by Crippen LogP contribution is -2.56. The average molecular weight is 484 g/mol. The Bertz CT molecular complexity index is 1000. The largest absolute Gasteiger partial charge is 0.466 e. The van der Waals surface area contributed by atoms with Gasteiger partial charge in [0.05, 0.1) is 25.1 Å². The minimum Gasteiger partial charge on any atom is -0.466 e. The molecule has 0 saturated carbocycles. The number of esters is 1. The lowest BCUT2D eigenvalue weighted by molar-refractivity contribution is -0.147. The first-order valence-corrected chi connectivity index (χ1v) is 13.0. The van der Waals surface area contributed by atoms with Gasteiger partial charge in [0.2, 0.25) is 11.8 Å². The maximum Gasteiger partial charge on any atom is 0.306 e. The van der Waals surface area contributed by atoms with E-state index in [9.17, 15) is 14.4 Å². The zero-order valence-electron chi connectivity index (χ0n) is 19.9.